The summed E-state index contributed by atoms with van der Waals surface area (Å²) in [4.78, 5) is 14.8. The molecule has 2 aliphatic carbocycles. The van der Waals surface area contributed by atoms with Crippen molar-refractivity contribution in [3.05, 3.63) is 40.8 Å². The quantitative estimate of drug-likeness (QED) is 0.608. The lowest BCUT2D eigenvalue weighted by molar-refractivity contribution is 0.221. The molecule has 2 aromatic heterocycles. The van der Waals surface area contributed by atoms with Gasteiger partial charge in [0.05, 0.1) is 5.39 Å². The molecule has 0 bridgehead atoms. The van der Waals surface area contributed by atoms with Gasteiger partial charge in [-0.1, -0.05) is 18.2 Å². The molecule has 1 saturated carbocycles. The summed E-state index contributed by atoms with van der Waals surface area (Å²) in [5.41, 5.74) is 2.51. The Balaban J connectivity index is 1.45. The molecule has 1 fully saturated rings. The molecule has 0 amide bonds. The predicted molar refractivity (Wildman–Crippen MR) is 123 cm³/mol. The van der Waals surface area contributed by atoms with Crippen molar-refractivity contribution in [2.75, 3.05) is 24.7 Å². The Morgan fingerprint density at radius 1 is 1.00 bits per heavy atom. The number of fused-ring (bicyclic) bond motifs is 3. The van der Waals surface area contributed by atoms with Gasteiger partial charge in [-0.05, 0) is 76.7 Å². The van der Waals surface area contributed by atoms with Crippen LogP contribution in [0.1, 0.15) is 42.5 Å². The van der Waals surface area contributed by atoms with E-state index in [9.17, 15) is 0 Å². The van der Waals surface area contributed by atoms with Crippen LogP contribution in [0.4, 0.5) is 17.5 Å². The summed E-state index contributed by atoms with van der Waals surface area (Å²) in [6, 6.07) is 11.4. The molecular formula is C23H29N5S. The maximum atomic E-state index is 4.96. The highest BCUT2D eigenvalue weighted by Gasteiger charge is 2.26. The lowest BCUT2D eigenvalue weighted by Gasteiger charge is -2.33. The summed E-state index contributed by atoms with van der Waals surface area (Å²) >= 11 is 1.85. The highest BCUT2D eigenvalue weighted by molar-refractivity contribution is 7.19. The first-order chi connectivity index (χ1) is 14.2. The molecular weight excluding hydrogens is 378 g/mol. The van der Waals surface area contributed by atoms with E-state index < -0.39 is 0 Å². The molecule has 0 atom stereocenters. The average molecular weight is 408 g/mol. The van der Waals surface area contributed by atoms with E-state index in [4.69, 9.17) is 9.97 Å². The second-order valence-electron chi connectivity index (χ2n) is 8.54. The van der Waals surface area contributed by atoms with E-state index in [2.05, 4.69) is 41.8 Å². The Hall–Kier alpha value is -2.18. The first-order valence-electron chi connectivity index (χ1n) is 10.7. The molecule has 2 N–H and O–H groups in total. The van der Waals surface area contributed by atoms with Gasteiger partial charge in [-0.2, -0.15) is 4.98 Å². The van der Waals surface area contributed by atoms with E-state index in [1.165, 1.54) is 54.4 Å². The standard InChI is InChI=1S/C23H29N5S/c1-28(2)17-13-11-16(12-14-17)24-21-20-18-9-6-10-19(18)29-22(20)27-23(26-21)25-15-7-4-3-5-8-15/h3-5,7-8,16-17H,6,9-14H2,1-2H3,(H2,24,25,26,27). The Labute approximate surface area is 176 Å². The molecule has 2 heterocycles. The molecule has 0 spiro atoms. The summed E-state index contributed by atoms with van der Waals surface area (Å²) in [5, 5.41) is 8.49. The molecule has 0 aliphatic heterocycles. The molecule has 29 heavy (non-hydrogen) atoms. The van der Waals surface area contributed by atoms with Crippen LogP contribution in [-0.2, 0) is 12.8 Å². The summed E-state index contributed by atoms with van der Waals surface area (Å²) in [6.45, 7) is 0. The number of para-hydroxylation sites is 1. The zero-order valence-corrected chi connectivity index (χ0v) is 18.1. The minimum Gasteiger partial charge on any atom is -0.367 e. The number of aryl methyl sites for hydroxylation is 2. The van der Waals surface area contributed by atoms with Gasteiger partial charge in [0.2, 0.25) is 5.95 Å². The molecule has 0 saturated heterocycles. The molecule has 5 nitrogen and oxygen atoms in total. The van der Waals surface area contributed by atoms with Crippen molar-refractivity contribution in [2.45, 2.75) is 57.0 Å². The Morgan fingerprint density at radius 2 is 1.79 bits per heavy atom. The van der Waals surface area contributed by atoms with Crippen molar-refractivity contribution in [1.82, 2.24) is 14.9 Å². The number of benzene rings is 1. The van der Waals surface area contributed by atoms with Crippen LogP contribution in [0, 0.1) is 0 Å². The fraction of sp³-hybridized carbons (Fsp3) is 0.478. The number of hydrogen-bond acceptors (Lipinski definition) is 6. The SMILES string of the molecule is CN(C)C1CCC(Nc2nc(Nc3ccccc3)nc3sc4c(c23)CCC4)CC1. The minimum absolute atomic E-state index is 0.492. The molecule has 6 heteroatoms. The largest absolute Gasteiger partial charge is 0.367 e. The van der Waals surface area contributed by atoms with Gasteiger partial charge in [0, 0.05) is 22.6 Å². The van der Waals surface area contributed by atoms with E-state index >= 15 is 0 Å². The summed E-state index contributed by atoms with van der Waals surface area (Å²) in [5.74, 6) is 1.72. The van der Waals surface area contributed by atoms with Crippen molar-refractivity contribution < 1.29 is 0 Å². The van der Waals surface area contributed by atoms with Gasteiger partial charge in [-0.15, -0.1) is 11.3 Å². The first kappa shape index (κ1) is 18.8. The van der Waals surface area contributed by atoms with Crippen LogP contribution >= 0.6 is 11.3 Å². The van der Waals surface area contributed by atoms with Gasteiger partial charge in [-0.25, -0.2) is 4.98 Å². The number of anilines is 3. The summed E-state index contributed by atoms with van der Waals surface area (Å²) in [6.07, 6.45) is 8.49. The molecule has 5 rings (SSSR count). The van der Waals surface area contributed by atoms with Crippen molar-refractivity contribution in [2.24, 2.45) is 0 Å². The van der Waals surface area contributed by atoms with Crippen molar-refractivity contribution >= 4 is 39.0 Å². The number of nitrogens with zero attached hydrogens (tertiary/aromatic N) is 3. The van der Waals surface area contributed by atoms with Gasteiger partial charge in [0.1, 0.15) is 10.6 Å². The van der Waals surface area contributed by atoms with Gasteiger partial charge >= 0.3 is 0 Å². The number of aromatic nitrogens is 2. The summed E-state index contributed by atoms with van der Waals surface area (Å²) < 4.78 is 0. The maximum Gasteiger partial charge on any atom is 0.230 e. The lowest BCUT2D eigenvalue weighted by Crippen LogP contribution is -2.36. The lowest BCUT2D eigenvalue weighted by atomic mass is 9.90. The topological polar surface area (TPSA) is 53.1 Å². The van der Waals surface area contributed by atoms with E-state index in [1.54, 1.807) is 0 Å². The van der Waals surface area contributed by atoms with Crippen LogP contribution < -0.4 is 10.6 Å². The smallest absolute Gasteiger partial charge is 0.230 e. The van der Waals surface area contributed by atoms with Crippen molar-refractivity contribution in [1.29, 1.82) is 0 Å². The van der Waals surface area contributed by atoms with Crippen molar-refractivity contribution in [3.8, 4) is 0 Å². The summed E-state index contributed by atoms with van der Waals surface area (Å²) in [7, 11) is 4.39. The Kier molecular flexibility index (Phi) is 5.14. The van der Waals surface area contributed by atoms with Crippen LogP contribution in [0.3, 0.4) is 0 Å². The van der Waals surface area contributed by atoms with E-state index in [1.807, 2.05) is 29.5 Å². The molecule has 2 aliphatic rings. The number of hydrogen-bond donors (Lipinski definition) is 2. The van der Waals surface area contributed by atoms with Crippen LogP contribution in [0.25, 0.3) is 10.2 Å². The van der Waals surface area contributed by atoms with Crippen LogP contribution in [0.15, 0.2) is 30.3 Å². The van der Waals surface area contributed by atoms with Crippen LogP contribution in [0.2, 0.25) is 0 Å². The first-order valence-corrected chi connectivity index (χ1v) is 11.6. The predicted octanol–water partition coefficient (Wildman–Crippen LogP) is 5.21. The highest BCUT2D eigenvalue weighted by atomic mass is 32.1. The number of nitrogens with one attached hydrogen (secondary N) is 2. The minimum atomic E-state index is 0.492. The van der Waals surface area contributed by atoms with Crippen LogP contribution in [-0.4, -0.2) is 41.0 Å². The maximum absolute atomic E-state index is 4.96. The number of thiophene rings is 1. The molecule has 3 aromatic rings. The van der Waals surface area contributed by atoms with E-state index in [0.717, 1.165) is 22.8 Å². The Morgan fingerprint density at radius 3 is 2.55 bits per heavy atom. The van der Waals surface area contributed by atoms with Gasteiger partial charge in [0.15, 0.2) is 0 Å². The molecule has 1 aromatic carbocycles. The molecule has 0 unspecified atom stereocenters. The van der Waals surface area contributed by atoms with Gasteiger partial charge in [0.25, 0.3) is 0 Å². The monoisotopic (exact) mass is 407 g/mol. The average Bonchev–Trinajstić information content (AvgIpc) is 3.30. The third-order valence-electron chi connectivity index (χ3n) is 6.36. The Bertz CT molecular complexity index is 989. The zero-order valence-electron chi connectivity index (χ0n) is 17.2. The van der Waals surface area contributed by atoms with Gasteiger partial charge in [-0.3, -0.25) is 0 Å². The van der Waals surface area contributed by atoms with Crippen molar-refractivity contribution in [3.63, 3.8) is 0 Å². The second kappa shape index (κ2) is 7.92. The van der Waals surface area contributed by atoms with Gasteiger partial charge < -0.3 is 15.5 Å². The van der Waals surface area contributed by atoms with E-state index in [-0.39, 0.29) is 0 Å². The number of rotatable bonds is 5. The highest BCUT2D eigenvalue weighted by Crippen LogP contribution is 2.41. The third kappa shape index (κ3) is 3.83. The zero-order chi connectivity index (χ0) is 19.8. The second-order valence-corrected chi connectivity index (χ2v) is 9.62. The fourth-order valence-electron chi connectivity index (χ4n) is 4.74. The third-order valence-corrected chi connectivity index (χ3v) is 7.55. The van der Waals surface area contributed by atoms with Crippen LogP contribution in [0.5, 0.6) is 0 Å². The van der Waals surface area contributed by atoms with E-state index in [0.29, 0.717) is 18.0 Å². The molecule has 0 radical (unpaired) electrons. The fourth-order valence-corrected chi connectivity index (χ4v) is 6.00. The normalized spacial score (nSPS) is 21.5. The molecule has 152 valence electrons.